The summed E-state index contributed by atoms with van der Waals surface area (Å²) in [5, 5.41) is 12.3. The van der Waals surface area contributed by atoms with E-state index in [1.54, 1.807) is 12.4 Å². The van der Waals surface area contributed by atoms with E-state index in [0.717, 1.165) is 61.2 Å². The molecule has 1 aliphatic heterocycles. The van der Waals surface area contributed by atoms with Crippen LogP contribution >= 0.6 is 0 Å². The predicted octanol–water partition coefficient (Wildman–Crippen LogP) is 2.67. The van der Waals surface area contributed by atoms with Crippen LogP contribution in [0.3, 0.4) is 0 Å². The van der Waals surface area contributed by atoms with Gasteiger partial charge in [0.05, 0.1) is 5.69 Å². The molecule has 3 aromatic heterocycles. The minimum absolute atomic E-state index is 0.592. The van der Waals surface area contributed by atoms with Crippen molar-refractivity contribution in [1.29, 1.82) is 0 Å². The topological polar surface area (TPSA) is 79.7 Å². The van der Waals surface area contributed by atoms with E-state index in [9.17, 15) is 0 Å². The molecule has 0 saturated carbocycles. The molecule has 7 nitrogen and oxygen atoms in total. The fraction of sp³-hybridized carbons (Fsp3) is 0.381. The summed E-state index contributed by atoms with van der Waals surface area (Å²) < 4.78 is 0. The molecular weight excluding hydrogens is 350 g/mol. The highest BCUT2D eigenvalue weighted by atomic mass is 15.3. The van der Waals surface area contributed by atoms with Crippen LogP contribution in [0, 0.1) is 12.8 Å². The van der Waals surface area contributed by atoms with E-state index in [4.69, 9.17) is 0 Å². The number of pyridine rings is 1. The molecule has 5 rings (SSSR count). The minimum atomic E-state index is 0.592. The Labute approximate surface area is 164 Å². The molecule has 0 radical (unpaired) electrons. The Morgan fingerprint density at radius 1 is 1.04 bits per heavy atom. The number of fused-ring (bicyclic) bond motifs is 1. The van der Waals surface area contributed by atoms with Gasteiger partial charge in [-0.15, -0.1) is 10.2 Å². The zero-order chi connectivity index (χ0) is 18.9. The summed E-state index contributed by atoms with van der Waals surface area (Å²) in [4.78, 5) is 15.5. The first-order chi connectivity index (χ1) is 13.8. The van der Waals surface area contributed by atoms with E-state index in [0.29, 0.717) is 5.92 Å². The van der Waals surface area contributed by atoms with Crippen LogP contribution < -0.4 is 10.2 Å². The van der Waals surface area contributed by atoms with Gasteiger partial charge in [0, 0.05) is 54.8 Å². The van der Waals surface area contributed by atoms with Crippen LogP contribution in [-0.4, -0.2) is 44.8 Å². The fourth-order valence-electron chi connectivity index (χ4n) is 4.00. The SMILES string of the molecule is Cc1nc2c(c(NCC3CN(c4ccc(-c5ccncc5)nn4)C3)n1)CCC2. The maximum absolute atomic E-state index is 4.63. The average Bonchev–Trinajstić information content (AvgIpc) is 3.16. The van der Waals surface area contributed by atoms with Gasteiger partial charge >= 0.3 is 0 Å². The summed E-state index contributed by atoms with van der Waals surface area (Å²) >= 11 is 0. The third-order valence-electron chi connectivity index (χ3n) is 5.51. The van der Waals surface area contributed by atoms with E-state index in [1.807, 2.05) is 31.2 Å². The standard InChI is InChI=1S/C21H23N7/c1-14-24-19-4-2-3-17(19)21(25-14)23-11-15-12-28(13-15)20-6-5-18(26-27-20)16-7-9-22-10-8-16/h5-10,15H,2-4,11-13H2,1H3,(H,23,24,25). The lowest BCUT2D eigenvalue weighted by molar-refractivity contribution is 0.425. The third kappa shape index (κ3) is 3.28. The molecule has 4 heterocycles. The van der Waals surface area contributed by atoms with Gasteiger partial charge < -0.3 is 10.2 Å². The Hall–Kier alpha value is -3.09. The first-order valence-corrected chi connectivity index (χ1v) is 9.85. The smallest absolute Gasteiger partial charge is 0.151 e. The van der Waals surface area contributed by atoms with E-state index in [1.165, 1.54) is 17.7 Å². The van der Waals surface area contributed by atoms with Crippen molar-refractivity contribution in [2.75, 3.05) is 29.9 Å². The van der Waals surface area contributed by atoms with E-state index >= 15 is 0 Å². The van der Waals surface area contributed by atoms with E-state index in [-0.39, 0.29) is 0 Å². The molecule has 3 aromatic rings. The lowest BCUT2D eigenvalue weighted by atomic mass is 10.00. The Morgan fingerprint density at radius 3 is 2.68 bits per heavy atom. The minimum Gasteiger partial charge on any atom is -0.369 e. The Bertz CT molecular complexity index is 966. The molecule has 1 N–H and O–H groups in total. The van der Waals surface area contributed by atoms with Crippen LogP contribution in [-0.2, 0) is 12.8 Å². The van der Waals surface area contributed by atoms with Crippen molar-refractivity contribution in [3.8, 4) is 11.3 Å². The van der Waals surface area contributed by atoms with Crippen molar-refractivity contribution in [3.63, 3.8) is 0 Å². The monoisotopic (exact) mass is 373 g/mol. The Morgan fingerprint density at radius 2 is 1.89 bits per heavy atom. The number of hydrogen-bond acceptors (Lipinski definition) is 7. The van der Waals surface area contributed by atoms with Crippen LogP contribution in [0.2, 0.25) is 0 Å². The van der Waals surface area contributed by atoms with Crippen molar-refractivity contribution in [1.82, 2.24) is 25.1 Å². The molecule has 1 saturated heterocycles. The fourth-order valence-corrected chi connectivity index (χ4v) is 4.00. The number of aromatic nitrogens is 5. The van der Waals surface area contributed by atoms with Crippen LogP contribution in [0.15, 0.2) is 36.7 Å². The second kappa shape index (κ2) is 7.14. The van der Waals surface area contributed by atoms with Gasteiger partial charge in [-0.2, -0.15) is 0 Å². The van der Waals surface area contributed by atoms with Gasteiger partial charge in [0.1, 0.15) is 11.6 Å². The van der Waals surface area contributed by atoms with Crippen LogP contribution in [0.5, 0.6) is 0 Å². The largest absolute Gasteiger partial charge is 0.369 e. The summed E-state index contributed by atoms with van der Waals surface area (Å²) in [5.74, 6) is 3.43. The molecule has 142 valence electrons. The summed E-state index contributed by atoms with van der Waals surface area (Å²) in [6.45, 7) is 4.89. The summed E-state index contributed by atoms with van der Waals surface area (Å²) in [6, 6.07) is 7.96. The molecule has 0 unspecified atom stereocenters. The van der Waals surface area contributed by atoms with Gasteiger partial charge in [-0.25, -0.2) is 9.97 Å². The number of nitrogens with zero attached hydrogens (tertiary/aromatic N) is 6. The highest BCUT2D eigenvalue weighted by Gasteiger charge is 2.28. The third-order valence-corrected chi connectivity index (χ3v) is 5.51. The highest BCUT2D eigenvalue weighted by molar-refractivity contribution is 5.59. The van der Waals surface area contributed by atoms with E-state index in [2.05, 4.69) is 35.4 Å². The molecule has 0 atom stereocenters. The number of aryl methyl sites for hydroxylation is 2. The maximum atomic E-state index is 4.63. The molecule has 2 aliphatic rings. The van der Waals surface area contributed by atoms with Crippen LogP contribution in [0.1, 0.15) is 23.5 Å². The van der Waals surface area contributed by atoms with Crippen molar-refractivity contribution >= 4 is 11.6 Å². The van der Waals surface area contributed by atoms with Gasteiger partial charge in [-0.3, -0.25) is 4.98 Å². The number of rotatable bonds is 5. The number of nitrogens with one attached hydrogen (secondary N) is 1. The van der Waals surface area contributed by atoms with E-state index < -0.39 is 0 Å². The van der Waals surface area contributed by atoms with Crippen LogP contribution in [0.4, 0.5) is 11.6 Å². The molecule has 1 aliphatic carbocycles. The van der Waals surface area contributed by atoms with Crippen molar-refractivity contribution in [3.05, 3.63) is 53.7 Å². The van der Waals surface area contributed by atoms with Crippen molar-refractivity contribution < 1.29 is 0 Å². The Balaban J connectivity index is 1.17. The second-order valence-corrected chi connectivity index (χ2v) is 7.56. The first kappa shape index (κ1) is 17.0. The second-order valence-electron chi connectivity index (χ2n) is 7.56. The van der Waals surface area contributed by atoms with Gasteiger partial charge in [-0.1, -0.05) is 0 Å². The molecule has 28 heavy (non-hydrogen) atoms. The van der Waals surface area contributed by atoms with Gasteiger partial charge in [-0.05, 0) is 50.5 Å². The molecule has 0 bridgehead atoms. The summed E-state index contributed by atoms with van der Waals surface area (Å²) in [5.41, 5.74) is 4.46. The molecule has 0 aromatic carbocycles. The van der Waals surface area contributed by atoms with Gasteiger partial charge in [0.25, 0.3) is 0 Å². The molecule has 7 heteroatoms. The molecule has 0 amide bonds. The zero-order valence-corrected chi connectivity index (χ0v) is 16.0. The van der Waals surface area contributed by atoms with Crippen LogP contribution in [0.25, 0.3) is 11.3 Å². The Kier molecular flexibility index (Phi) is 4.35. The normalized spacial score (nSPS) is 16.0. The maximum Gasteiger partial charge on any atom is 0.151 e. The number of anilines is 2. The van der Waals surface area contributed by atoms with Crippen molar-refractivity contribution in [2.45, 2.75) is 26.2 Å². The van der Waals surface area contributed by atoms with Crippen molar-refractivity contribution in [2.24, 2.45) is 5.92 Å². The predicted molar refractivity (Wildman–Crippen MR) is 108 cm³/mol. The lowest BCUT2D eigenvalue weighted by Crippen LogP contribution is -2.50. The first-order valence-electron chi connectivity index (χ1n) is 9.85. The summed E-state index contributed by atoms with van der Waals surface area (Å²) in [6.07, 6.45) is 6.90. The lowest BCUT2D eigenvalue weighted by Gasteiger charge is -2.40. The molecular formula is C21H23N7. The quantitative estimate of drug-likeness (QED) is 0.736. The van der Waals surface area contributed by atoms with Gasteiger partial charge in [0.2, 0.25) is 0 Å². The molecule has 0 spiro atoms. The number of hydrogen-bond donors (Lipinski definition) is 1. The average molecular weight is 373 g/mol. The molecule has 1 fully saturated rings. The summed E-state index contributed by atoms with van der Waals surface area (Å²) in [7, 11) is 0. The van der Waals surface area contributed by atoms with Gasteiger partial charge in [0.15, 0.2) is 5.82 Å². The zero-order valence-electron chi connectivity index (χ0n) is 16.0. The highest BCUT2D eigenvalue weighted by Crippen LogP contribution is 2.28.